The number of amides is 3. The van der Waals surface area contributed by atoms with Gasteiger partial charge in [0.1, 0.15) is 23.7 Å². The summed E-state index contributed by atoms with van der Waals surface area (Å²) in [6.07, 6.45) is 7.54. The third-order valence-corrected chi connectivity index (χ3v) is 9.01. The zero-order chi connectivity index (χ0) is 35.9. The molecule has 3 heterocycles. The second-order valence-electron chi connectivity index (χ2n) is 12.4. The molecule has 3 atom stereocenters. The molecule has 0 bridgehead atoms. The normalized spacial score (nSPS) is 13.1. The molecule has 6 aromatic rings. The first-order valence-electron chi connectivity index (χ1n) is 16.4. The zero-order valence-electron chi connectivity index (χ0n) is 27.5. The molecule has 11 nitrogen and oxygen atoms in total. The van der Waals surface area contributed by atoms with E-state index in [0.717, 1.165) is 44.1 Å². The van der Waals surface area contributed by atoms with E-state index < -0.39 is 35.8 Å². The van der Waals surface area contributed by atoms with Crippen molar-refractivity contribution in [3.63, 3.8) is 0 Å². The second kappa shape index (κ2) is 15.9. The standard InChI is InChI=1S/C38H37ClFN7O4/c39-26-3-1-22(2-4-26)15-35(46-36(49)31(41)17-25-21-45-33-8-6-28(48)19-30(25)33)38(51)47-34(16-23-9-12-42-13-10-23)37(50)43-14-11-24-20-44-32-7-5-27(40)18-29(24)32/h1-10,12-13,18-21,31,34-35,44-45,48H,11,14-17,41H2,(H,43,50)(H,46,49)(H,47,51)/t31-,34-,35-/m0/s1. The second-order valence-corrected chi connectivity index (χ2v) is 12.8. The lowest BCUT2D eigenvalue weighted by Gasteiger charge is -2.24. The minimum atomic E-state index is -1.09. The van der Waals surface area contributed by atoms with Gasteiger partial charge in [0, 0.05) is 71.0 Å². The molecule has 0 saturated heterocycles. The molecule has 0 aliphatic heterocycles. The third-order valence-electron chi connectivity index (χ3n) is 8.76. The summed E-state index contributed by atoms with van der Waals surface area (Å²) < 4.78 is 13.9. The molecule has 6 rings (SSSR count). The van der Waals surface area contributed by atoms with Crippen molar-refractivity contribution in [1.82, 2.24) is 30.9 Å². The highest BCUT2D eigenvalue weighted by molar-refractivity contribution is 6.30. The number of carbonyl (C=O) groups is 3. The largest absolute Gasteiger partial charge is 0.508 e. The first kappa shape index (κ1) is 35.1. The number of aromatic amines is 2. The molecule has 0 saturated carbocycles. The monoisotopic (exact) mass is 709 g/mol. The summed E-state index contributed by atoms with van der Waals surface area (Å²) in [5.41, 5.74) is 11.0. The van der Waals surface area contributed by atoms with Crippen LogP contribution in [-0.4, -0.2) is 62.5 Å². The molecule has 0 unspecified atom stereocenters. The number of carbonyl (C=O) groups excluding carboxylic acids is 3. The van der Waals surface area contributed by atoms with Gasteiger partial charge in [0.2, 0.25) is 17.7 Å². The first-order valence-corrected chi connectivity index (χ1v) is 16.8. The average molecular weight is 710 g/mol. The zero-order valence-corrected chi connectivity index (χ0v) is 28.2. The molecular formula is C38H37ClFN7O4. The molecule has 13 heteroatoms. The number of benzene rings is 3. The van der Waals surface area contributed by atoms with Crippen molar-refractivity contribution in [3.05, 3.63) is 131 Å². The Labute approximate surface area is 297 Å². The molecule has 8 N–H and O–H groups in total. The SMILES string of the molecule is N[C@@H](Cc1c[nH]c2ccc(O)cc12)C(=O)N[C@@H](Cc1ccc(Cl)cc1)C(=O)N[C@@H](Cc1ccncc1)C(=O)NCCc1c[nH]c2ccc(F)cc12. The van der Waals surface area contributed by atoms with Crippen molar-refractivity contribution in [2.75, 3.05) is 6.54 Å². The molecule has 0 fully saturated rings. The van der Waals surface area contributed by atoms with Crippen LogP contribution in [0.25, 0.3) is 21.8 Å². The van der Waals surface area contributed by atoms with Gasteiger partial charge >= 0.3 is 0 Å². The maximum Gasteiger partial charge on any atom is 0.243 e. The molecule has 3 aromatic heterocycles. The fourth-order valence-corrected chi connectivity index (χ4v) is 6.17. The van der Waals surface area contributed by atoms with Crippen LogP contribution >= 0.6 is 11.6 Å². The molecule has 3 aromatic carbocycles. The number of halogens is 2. The highest BCUT2D eigenvalue weighted by atomic mass is 35.5. The van der Waals surface area contributed by atoms with Crippen molar-refractivity contribution >= 4 is 51.1 Å². The van der Waals surface area contributed by atoms with Crippen LogP contribution in [0.2, 0.25) is 5.02 Å². The Bertz CT molecular complexity index is 2150. The van der Waals surface area contributed by atoms with Crippen LogP contribution in [-0.2, 0) is 40.1 Å². The lowest BCUT2D eigenvalue weighted by molar-refractivity contribution is -0.132. The number of nitrogens with zero attached hydrogens (tertiary/aromatic N) is 1. The van der Waals surface area contributed by atoms with Crippen molar-refractivity contribution in [2.45, 2.75) is 43.8 Å². The summed E-state index contributed by atoms with van der Waals surface area (Å²) in [5.74, 6) is -1.85. The quantitative estimate of drug-likeness (QED) is 0.0890. The number of fused-ring (bicyclic) bond motifs is 2. The van der Waals surface area contributed by atoms with Gasteiger partial charge in [-0.25, -0.2) is 4.39 Å². The van der Waals surface area contributed by atoms with E-state index in [4.69, 9.17) is 17.3 Å². The van der Waals surface area contributed by atoms with Gasteiger partial charge in [0.25, 0.3) is 0 Å². The van der Waals surface area contributed by atoms with Gasteiger partial charge in [-0.3, -0.25) is 19.4 Å². The number of pyridine rings is 1. The number of aromatic hydroxyl groups is 1. The van der Waals surface area contributed by atoms with Gasteiger partial charge in [-0.05, 0) is 95.8 Å². The van der Waals surface area contributed by atoms with E-state index in [2.05, 4.69) is 30.9 Å². The van der Waals surface area contributed by atoms with Crippen molar-refractivity contribution in [3.8, 4) is 5.75 Å². The minimum absolute atomic E-state index is 0.0831. The topological polar surface area (TPSA) is 178 Å². The van der Waals surface area contributed by atoms with E-state index in [0.29, 0.717) is 11.4 Å². The number of hydrogen-bond donors (Lipinski definition) is 7. The Hall–Kier alpha value is -5.72. The van der Waals surface area contributed by atoms with Gasteiger partial charge in [-0.2, -0.15) is 0 Å². The molecule has 0 radical (unpaired) electrons. The number of phenols is 1. The Kier molecular flexibility index (Phi) is 10.9. The number of phenolic OH excluding ortho intramolecular Hbond substituents is 1. The predicted molar refractivity (Wildman–Crippen MR) is 194 cm³/mol. The van der Waals surface area contributed by atoms with Crippen molar-refractivity contribution in [2.24, 2.45) is 5.73 Å². The van der Waals surface area contributed by atoms with Crippen LogP contribution in [0.1, 0.15) is 22.3 Å². The predicted octanol–water partition coefficient (Wildman–Crippen LogP) is 4.23. The third kappa shape index (κ3) is 8.91. The molecule has 0 spiro atoms. The fourth-order valence-electron chi connectivity index (χ4n) is 6.05. The summed E-state index contributed by atoms with van der Waals surface area (Å²) in [6.45, 7) is 0.233. The Morgan fingerprint density at radius 3 is 2.10 bits per heavy atom. The van der Waals surface area contributed by atoms with E-state index in [9.17, 15) is 23.9 Å². The van der Waals surface area contributed by atoms with Gasteiger partial charge in [-0.15, -0.1) is 0 Å². The Morgan fingerprint density at radius 2 is 1.37 bits per heavy atom. The van der Waals surface area contributed by atoms with Crippen LogP contribution in [0, 0.1) is 5.82 Å². The number of nitrogens with two attached hydrogens (primary N) is 1. The maximum atomic E-state index is 14.0. The lowest BCUT2D eigenvalue weighted by Crippen LogP contribution is -2.57. The summed E-state index contributed by atoms with van der Waals surface area (Å²) in [6, 6.07) is 16.6. The van der Waals surface area contributed by atoms with Gasteiger partial charge in [0.15, 0.2) is 0 Å². The van der Waals surface area contributed by atoms with E-state index in [1.54, 1.807) is 85.5 Å². The van der Waals surface area contributed by atoms with Crippen LogP contribution in [0.5, 0.6) is 5.75 Å². The van der Waals surface area contributed by atoms with Gasteiger partial charge < -0.3 is 36.8 Å². The summed E-state index contributed by atoms with van der Waals surface area (Å²) in [4.78, 5) is 51.4. The molecule has 0 aliphatic carbocycles. The highest BCUT2D eigenvalue weighted by Gasteiger charge is 2.29. The van der Waals surface area contributed by atoms with E-state index in [1.807, 2.05) is 0 Å². The number of hydrogen-bond acceptors (Lipinski definition) is 6. The molecule has 51 heavy (non-hydrogen) atoms. The van der Waals surface area contributed by atoms with Gasteiger partial charge in [0.05, 0.1) is 6.04 Å². The number of H-pyrrole nitrogens is 2. The van der Waals surface area contributed by atoms with Crippen LogP contribution < -0.4 is 21.7 Å². The van der Waals surface area contributed by atoms with Crippen molar-refractivity contribution in [1.29, 1.82) is 0 Å². The van der Waals surface area contributed by atoms with E-state index >= 15 is 0 Å². The molecular weight excluding hydrogens is 673 g/mol. The number of rotatable bonds is 14. The smallest absolute Gasteiger partial charge is 0.243 e. The molecule has 262 valence electrons. The van der Waals surface area contributed by atoms with Gasteiger partial charge in [-0.1, -0.05) is 23.7 Å². The number of aromatic nitrogens is 3. The first-order chi connectivity index (χ1) is 24.6. The van der Waals surface area contributed by atoms with Crippen LogP contribution in [0.4, 0.5) is 4.39 Å². The van der Waals surface area contributed by atoms with Crippen LogP contribution in [0.3, 0.4) is 0 Å². The molecule has 0 aliphatic rings. The highest BCUT2D eigenvalue weighted by Crippen LogP contribution is 2.24. The summed E-state index contributed by atoms with van der Waals surface area (Å²) in [7, 11) is 0. The lowest BCUT2D eigenvalue weighted by atomic mass is 10.0. The van der Waals surface area contributed by atoms with Crippen molar-refractivity contribution < 1.29 is 23.9 Å². The molecule has 3 amide bonds. The van der Waals surface area contributed by atoms with E-state index in [-0.39, 0.29) is 37.4 Å². The average Bonchev–Trinajstić information content (AvgIpc) is 3.71. The number of nitrogens with one attached hydrogen (secondary N) is 5. The summed E-state index contributed by atoms with van der Waals surface area (Å²) >= 11 is 6.09. The fraction of sp³-hybridized carbons (Fsp3) is 0.211. The maximum absolute atomic E-state index is 14.0. The minimum Gasteiger partial charge on any atom is -0.508 e. The van der Waals surface area contributed by atoms with E-state index in [1.165, 1.54) is 12.1 Å². The Balaban J connectivity index is 1.17. The summed E-state index contributed by atoms with van der Waals surface area (Å²) in [5, 5.41) is 20.5. The van der Waals surface area contributed by atoms with Crippen LogP contribution in [0.15, 0.2) is 97.6 Å². The Morgan fingerprint density at radius 1 is 0.765 bits per heavy atom.